The van der Waals surface area contributed by atoms with E-state index in [1.807, 2.05) is 0 Å². The smallest absolute Gasteiger partial charge is 0.250 e. The van der Waals surface area contributed by atoms with E-state index in [1.54, 1.807) is 0 Å². The van der Waals surface area contributed by atoms with Crippen LogP contribution in [0, 0.1) is 29.1 Å². The van der Waals surface area contributed by atoms with Crippen LogP contribution in [0.15, 0.2) is 0 Å². The number of carbonyl (C=O) groups is 2. The first-order valence-electron chi connectivity index (χ1n) is 5.83. The van der Waals surface area contributed by atoms with E-state index in [9.17, 15) is 31.5 Å². The molecule has 9 heteroatoms. The molecule has 2 amide bonds. The molecule has 4 nitrogen and oxygen atoms in total. The molecule has 114 valence electrons. The summed E-state index contributed by atoms with van der Waals surface area (Å²) in [6.45, 7) is 2.34. The number of anilines is 1. The molecule has 0 saturated carbocycles. The maximum absolute atomic E-state index is 13.7. The van der Waals surface area contributed by atoms with Crippen molar-refractivity contribution in [3.63, 3.8) is 0 Å². The molecule has 1 aromatic rings. The summed E-state index contributed by atoms with van der Waals surface area (Å²) in [6, 6.07) is -2.56. The molecule has 1 aliphatic heterocycles. The van der Waals surface area contributed by atoms with E-state index in [4.69, 9.17) is 0 Å². The van der Waals surface area contributed by atoms with Crippen molar-refractivity contribution >= 4 is 17.5 Å². The molecule has 0 aliphatic carbocycles. The highest BCUT2D eigenvalue weighted by Gasteiger charge is 2.41. The lowest BCUT2D eigenvalue weighted by molar-refractivity contribution is -0.133. The number of halogens is 5. The van der Waals surface area contributed by atoms with Crippen LogP contribution in [-0.2, 0) is 9.59 Å². The van der Waals surface area contributed by atoms with Gasteiger partial charge in [-0.3, -0.25) is 14.5 Å². The maximum atomic E-state index is 13.7. The Bertz CT molecular complexity index is 620. The van der Waals surface area contributed by atoms with Crippen LogP contribution in [0.25, 0.3) is 0 Å². The van der Waals surface area contributed by atoms with Crippen molar-refractivity contribution in [1.29, 1.82) is 0 Å². The summed E-state index contributed by atoms with van der Waals surface area (Å²) < 4.78 is 66.9. The molecular formula is C12H9F5N2O2. The quantitative estimate of drug-likeness (QED) is 0.487. The normalized spacial score (nSPS) is 22.5. The first kappa shape index (κ1) is 15.2. The van der Waals surface area contributed by atoms with Crippen molar-refractivity contribution < 1.29 is 31.5 Å². The third kappa shape index (κ3) is 2.12. The molecule has 1 heterocycles. The summed E-state index contributed by atoms with van der Waals surface area (Å²) in [5.41, 5.74) is -1.43. The number of hydrogen-bond acceptors (Lipinski definition) is 2. The Morgan fingerprint density at radius 2 is 1.29 bits per heavy atom. The SMILES string of the molecule is CC1NC(=O)C(C)N(c2c(F)c(F)c(F)c(F)c2F)C1=O. The zero-order chi connectivity index (χ0) is 16.1. The molecule has 2 atom stereocenters. The lowest BCUT2D eigenvalue weighted by atomic mass is 10.1. The van der Waals surface area contributed by atoms with Crippen molar-refractivity contribution in [2.75, 3.05) is 4.90 Å². The van der Waals surface area contributed by atoms with Gasteiger partial charge in [-0.1, -0.05) is 0 Å². The fraction of sp³-hybridized carbons (Fsp3) is 0.333. The molecule has 1 N–H and O–H groups in total. The van der Waals surface area contributed by atoms with Crippen molar-refractivity contribution in [3.05, 3.63) is 29.1 Å². The summed E-state index contributed by atoms with van der Waals surface area (Å²) in [7, 11) is 0. The monoisotopic (exact) mass is 308 g/mol. The molecular weight excluding hydrogens is 299 g/mol. The van der Waals surface area contributed by atoms with Crippen LogP contribution in [0.3, 0.4) is 0 Å². The Balaban J connectivity index is 2.70. The first-order chi connectivity index (χ1) is 9.68. The second kappa shape index (κ2) is 4.97. The first-order valence-corrected chi connectivity index (χ1v) is 5.83. The molecule has 0 radical (unpaired) electrons. The number of nitrogens with zero attached hydrogens (tertiary/aromatic N) is 1. The molecule has 0 aromatic heterocycles. The molecule has 1 aliphatic rings. The minimum absolute atomic E-state index is 0.278. The van der Waals surface area contributed by atoms with E-state index in [1.165, 1.54) is 6.92 Å². The second-order valence-corrected chi connectivity index (χ2v) is 4.53. The van der Waals surface area contributed by atoms with E-state index < -0.39 is 58.7 Å². The predicted molar refractivity (Wildman–Crippen MR) is 60.8 cm³/mol. The summed E-state index contributed by atoms with van der Waals surface area (Å²) >= 11 is 0. The number of benzene rings is 1. The Morgan fingerprint density at radius 3 is 1.76 bits per heavy atom. The number of carbonyl (C=O) groups excluding carboxylic acids is 2. The summed E-state index contributed by atoms with van der Waals surface area (Å²) in [6.07, 6.45) is 0. The molecule has 1 saturated heterocycles. The molecule has 2 rings (SSSR count). The van der Waals surface area contributed by atoms with Crippen LogP contribution >= 0.6 is 0 Å². The van der Waals surface area contributed by atoms with Gasteiger partial charge in [0.25, 0.3) is 0 Å². The van der Waals surface area contributed by atoms with E-state index >= 15 is 0 Å². The second-order valence-electron chi connectivity index (χ2n) is 4.53. The van der Waals surface area contributed by atoms with Gasteiger partial charge in [-0.15, -0.1) is 0 Å². The highest BCUT2D eigenvalue weighted by molar-refractivity contribution is 6.08. The Morgan fingerprint density at radius 1 is 0.857 bits per heavy atom. The van der Waals surface area contributed by atoms with Crippen molar-refractivity contribution in [2.24, 2.45) is 0 Å². The molecule has 1 aromatic carbocycles. The topological polar surface area (TPSA) is 49.4 Å². The lowest BCUT2D eigenvalue weighted by Crippen LogP contribution is -2.62. The van der Waals surface area contributed by atoms with E-state index in [2.05, 4.69) is 5.32 Å². The van der Waals surface area contributed by atoms with E-state index in [-0.39, 0.29) is 4.90 Å². The van der Waals surface area contributed by atoms with Gasteiger partial charge in [0, 0.05) is 0 Å². The van der Waals surface area contributed by atoms with Gasteiger partial charge >= 0.3 is 0 Å². The zero-order valence-corrected chi connectivity index (χ0v) is 10.8. The highest BCUT2D eigenvalue weighted by Crippen LogP contribution is 2.32. The maximum Gasteiger partial charge on any atom is 0.250 e. The van der Waals surface area contributed by atoms with Crippen LogP contribution in [0.1, 0.15) is 13.8 Å². The van der Waals surface area contributed by atoms with Gasteiger partial charge < -0.3 is 5.32 Å². The van der Waals surface area contributed by atoms with Crippen LogP contribution in [0.2, 0.25) is 0 Å². The molecule has 0 spiro atoms. The number of rotatable bonds is 1. The highest BCUT2D eigenvalue weighted by atomic mass is 19.2. The van der Waals surface area contributed by atoms with Crippen molar-refractivity contribution in [1.82, 2.24) is 5.32 Å². The fourth-order valence-electron chi connectivity index (χ4n) is 2.02. The third-order valence-corrected chi connectivity index (χ3v) is 3.16. The summed E-state index contributed by atoms with van der Waals surface area (Å²) in [5.74, 6) is -12.8. The number of amides is 2. The van der Waals surface area contributed by atoms with Crippen molar-refractivity contribution in [2.45, 2.75) is 25.9 Å². The average Bonchev–Trinajstić information content (AvgIpc) is 2.44. The predicted octanol–water partition coefficient (Wildman–Crippen LogP) is 1.62. The van der Waals surface area contributed by atoms with Crippen LogP contribution in [0.5, 0.6) is 0 Å². The van der Waals surface area contributed by atoms with E-state index in [0.29, 0.717) is 0 Å². The van der Waals surface area contributed by atoms with Gasteiger partial charge in [0.05, 0.1) is 0 Å². The van der Waals surface area contributed by atoms with Gasteiger partial charge in [-0.25, -0.2) is 22.0 Å². The summed E-state index contributed by atoms with van der Waals surface area (Å²) in [5, 5.41) is 2.22. The van der Waals surface area contributed by atoms with Crippen LogP contribution in [0.4, 0.5) is 27.6 Å². The fourth-order valence-corrected chi connectivity index (χ4v) is 2.02. The molecule has 2 unspecified atom stereocenters. The number of piperazine rings is 1. The van der Waals surface area contributed by atoms with E-state index in [0.717, 1.165) is 6.92 Å². The lowest BCUT2D eigenvalue weighted by Gasteiger charge is -2.36. The van der Waals surface area contributed by atoms with Crippen LogP contribution < -0.4 is 10.2 Å². The molecule has 21 heavy (non-hydrogen) atoms. The zero-order valence-electron chi connectivity index (χ0n) is 10.8. The number of nitrogens with one attached hydrogen (secondary N) is 1. The van der Waals surface area contributed by atoms with Crippen molar-refractivity contribution in [3.8, 4) is 0 Å². The van der Waals surface area contributed by atoms with Gasteiger partial charge in [-0.05, 0) is 13.8 Å². The Labute approximate surface area is 115 Å². The minimum Gasteiger partial charge on any atom is -0.343 e. The Hall–Kier alpha value is -2.19. The average molecular weight is 308 g/mol. The standard InChI is InChI=1S/C12H9F5N2O2/c1-3-12(21)19(4(2)11(20)18-3)10-8(16)6(14)5(13)7(15)9(10)17/h3-4H,1-2H3,(H,18,20). The van der Waals surface area contributed by atoms with Gasteiger partial charge in [0.2, 0.25) is 17.6 Å². The van der Waals surface area contributed by atoms with Gasteiger partial charge in [-0.2, -0.15) is 0 Å². The largest absolute Gasteiger partial charge is 0.343 e. The molecule has 0 bridgehead atoms. The minimum atomic E-state index is -2.33. The van der Waals surface area contributed by atoms with Gasteiger partial charge in [0.1, 0.15) is 17.8 Å². The Kier molecular flexibility index (Phi) is 3.60. The van der Waals surface area contributed by atoms with Crippen LogP contribution in [-0.4, -0.2) is 23.9 Å². The van der Waals surface area contributed by atoms with Gasteiger partial charge in [0.15, 0.2) is 23.3 Å². The third-order valence-electron chi connectivity index (χ3n) is 3.16. The molecule has 1 fully saturated rings. The summed E-state index contributed by atoms with van der Waals surface area (Å²) in [4.78, 5) is 23.8. The number of hydrogen-bond donors (Lipinski definition) is 1.